The van der Waals surface area contributed by atoms with E-state index >= 15 is 0 Å². The van der Waals surface area contributed by atoms with Gasteiger partial charge in [-0.05, 0) is 48.5 Å². The molecule has 0 radical (unpaired) electrons. The van der Waals surface area contributed by atoms with Crippen LogP contribution in [0.4, 0.5) is 13.2 Å². The number of rotatable bonds is 5. The molecule has 0 aliphatic rings. The predicted octanol–water partition coefficient (Wildman–Crippen LogP) is 4.12. The molecular formula is C18H13F3N2O4. The molecule has 0 saturated carbocycles. The summed E-state index contributed by atoms with van der Waals surface area (Å²) < 4.78 is 52.7. The summed E-state index contributed by atoms with van der Waals surface area (Å²) in [5.41, 5.74) is -0.202. The van der Waals surface area contributed by atoms with Crippen molar-refractivity contribution in [2.24, 2.45) is 0 Å². The second-order valence-corrected chi connectivity index (χ2v) is 5.40. The van der Waals surface area contributed by atoms with E-state index in [0.717, 1.165) is 24.3 Å². The standard InChI is InChI=1S/C18H13F3N2O4/c1-25-14-8-4-11(5-9-14)16-22-15(23-27-16)10-26-17(24)12-2-6-13(7-3-12)18(19,20)21/h2-9H,10H2,1H3. The maximum Gasteiger partial charge on any atom is 0.416 e. The molecule has 0 saturated heterocycles. The van der Waals surface area contributed by atoms with Crippen molar-refractivity contribution in [3.63, 3.8) is 0 Å². The normalized spacial score (nSPS) is 11.3. The van der Waals surface area contributed by atoms with Crippen molar-refractivity contribution < 1.29 is 32.0 Å². The molecule has 1 heterocycles. The van der Waals surface area contributed by atoms with Gasteiger partial charge in [0, 0.05) is 5.56 Å². The molecule has 0 aliphatic carbocycles. The average molecular weight is 378 g/mol. The first-order valence-electron chi connectivity index (χ1n) is 7.68. The van der Waals surface area contributed by atoms with E-state index in [0.29, 0.717) is 11.3 Å². The molecular weight excluding hydrogens is 365 g/mol. The molecule has 3 aromatic rings. The molecule has 27 heavy (non-hydrogen) atoms. The summed E-state index contributed by atoms with van der Waals surface area (Å²) >= 11 is 0. The lowest BCUT2D eigenvalue weighted by Crippen LogP contribution is -2.08. The molecule has 1 aromatic heterocycles. The molecule has 0 amide bonds. The number of ether oxygens (including phenoxy) is 2. The Morgan fingerprint density at radius 2 is 1.74 bits per heavy atom. The monoisotopic (exact) mass is 378 g/mol. The number of hydrogen-bond donors (Lipinski definition) is 0. The Bertz CT molecular complexity index is 919. The van der Waals surface area contributed by atoms with Crippen molar-refractivity contribution in [2.45, 2.75) is 12.8 Å². The van der Waals surface area contributed by atoms with Crippen LogP contribution in [0.5, 0.6) is 5.75 Å². The van der Waals surface area contributed by atoms with E-state index in [1.54, 1.807) is 31.4 Å². The molecule has 0 atom stereocenters. The number of hydrogen-bond acceptors (Lipinski definition) is 6. The van der Waals surface area contributed by atoms with E-state index in [4.69, 9.17) is 14.0 Å². The van der Waals surface area contributed by atoms with Crippen molar-refractivity contribution >= 4 is 5.97 Å². The fraction of sp³-hybridized carbons (Fsp3) is 0.167. The number of halogens is 3. The van der Waals surface area contributed by atoms with Crippen LogP contribution in [0, 0.1) is 0 Å². The second kappa shape index (κ2) is 7.48. The van der Waals surface area contributed by atoms with Gasteiger partial charge in [-0.2, -0.15) is 18.2 Å². The van der Waals surface area contributed by atoms with E-state index in [1.165, 1.54) is 0 Å². The predicted molar refractivity (Wildman–Crippen MR) is 86.8 cm³/mol. The zero-order chi connectivity index (χ0) is 19.4. The van der Waals surface area contributed by atoms with Gasteiger partial charge in [0.1, 0.15) is 5.75 Å². The maximum absolute atomic E-state index is 12.5. The number of alkyl halides is 3. The van der Waals surface area contributed by atoms with Crippen LogP contribution in [0.3, 0.4) is 0 Å². The van der Waals surface area contributed by atoms with Gasteiger partial charge >= 0.3 is 12.1 Å². The molecule has 9 heteroatoms. The van der Waals surface area contributed by atoms with Gasteiger partial charge in [-0.3, -0.25) is 0 Å². The van der Waals surface area contributed by atoms with E-state index in [1.807, 2.05) is 0 Å². The van der Waals surface area contributed by atoms with Gasteiger partial charge in [-0.15, -0.1) is 0 Å². The van der Waals surface area contributed by atoms with E-state index in [9.17, 15) is 18.0 Å². The van der Waals surface area contributed by atoms with E-state index < -0.39 is 17.7 Å². The number of benzene rings is 2. The minimum atomic E-state index is -4.47. The Morgan fingerprint density at radius 1 is 1.07 bits per heavy atom. The van der Waals surface area contributed by atoms with Crippen LogP contribution < -0.4 is 4.74 Å². The highest BCUT2D eigenvalue weighted by atomic mass is 19.4. The van der Waals surface area contributed by atoms with Crippen molar-refractivity contribution in [2.75, 3.05) is 7.11 Å². The zero-order valence-electron chi connectivity index (χ0n) is 14.0. The van der Waals surface area contributed by atoms with Crippen LogP contribution in [0.15, 0.2) is 53.1 Å². The molecule has 2 aromatic carbocycles. The number of esters is 1. The Balaban J connectivity index is 1.61. The van der Waals surface area contributed by atoms with Gasteiger partial charge in [0.15, 0.2) is 6.61 Å². The Hall–Kier alpha value is -3.36. The average Bonchev–Trinajstić information content (AvgIpc) is 3.14. The van der Waals surface area contributed by atoms with Gasteiger partial charge < -0.3 is 14.0 Å². The highest BCUT2D eigenvalue weighted by Crippen LogP contribution is 2.29. The molecule has 0 spiro atoms. The molecule has 6 nitrogen and oxygen atoms in total. The minimum absolute atomic E-state index is 0.0122. The summed E-state index contributed by atoms with van der Waals surface area (Å²) in [6.07, 6.45) is -4.47. The third-order valence-corrected chi connectivity index (χ3v) is 3.59. The summed E-state index contributed by atoms with van der Waals surface area (Å²) in [5.74, 6) is 0.239. The van der Waals surface area contributed by atoms with Crippen LogP contribution in [0.1, 0.15) is 21.7 Å². The number of nitrogens with zero attached hydrogens (tertiary/aromatic N) is 2. The highest BCUT2D eigenvalue weighted by Gasteiger charge is 2.30. The first-order valence-corrected chi connectivity index (χ1v) is 7.68. The van der Waals surface area contributed by atoms with Crippen LogP contribution in [0.2, 0.25) is 0 Å². The Labute approximate surface area is 151 Å². The summed E-state index contributed by atoms with van der Waals surface area (Å²) in [7, 11) is 1.55. The molecule has 3 rings (SSSR count). The van der Waals surface area contributed by atoms with Crippen molar-refractivity contribution in [1.29, 1.82) is 0 Å². The number of carbonyl (C=O) groups excluding carboxylic acids is 1. The second-order valence-electron chi connectivity index (χ2n) is 5.40. The van der Waals surface area contributed by atoms with Gasteiger partial charge in [0.25, 0.3) is 5.89 Å². The van der Waals surface area contributed by atoms with Crippen LogP contribution in [0.25, 0.3) is 11.5 Å². The van der Waals surface area contributed by atoms with Crippen LogP contribution in [-0.2, 0) is 17.5 Å². The fourth-order valence-electron chi connectivity index (χ4n) is 2.17. The molecule has 0 bridgehead atoms. The Kier molecular flexibility index (Phi) is 5.11. The number of methoxy groups -OCH3 is 1. The van der Waals surface area contributed by atoms with Gasteiger partial charge in [-0.1, -0.05) is 5.16 Å². The molecule has 0 unspecified atom stereocenters. The zero-order valence-corrected chi connectivity index (χ0v) is 14.0. The smallest absolute Gasteiger partial charge is 0.416 e. The summed E-state index contributed by atoms with van der Waals surface area (Å²) in [4.78, 5) is 16.0. The van der Waals surface area contributed by atoms with Crippen LogP contribution in [-0.4, -0.2) is 23.2 Å². The molecule has 0 fully saturated rings. The quantitative estimate of drug-likeness (QED) is 0.622. The van der Waals surface area contributed by atoms with Gasteiger partial charge in [0.05, 0.1) is 18.2 Å². The molecule has 140 valence electrons. The topological polar surface area (TPSA) is 74.5 Å². The number of carbonyl (C=O) groups is 1. The lowest BCUT2D eigenvalue weighted by molar-refractivity contribution is -0.137. The molecule has 0 N–H and O–H groups in total. The highest BCUT2D eigenvalue weighted by molar-refractivity contribution is 5.89. The summed E-state index contributed by atoms with van der Waals surface area (Å²) in [6, 6.07) is 10.6. The lowest BCUT2D eigenvalue weighted by Gasteiger charge is -2.07. The van der Waals surface area contributed by atoms with E-state index in [2.05, 4.69) is 10.1 Å². The largest absolute Gasteiger partial charge is 0.497 e. The fourth-order valence-corrected chi connectivity index (χ4v) is 2.17. The lowest BCUT2D eigenvalue weighted by atomic mass is 10.1. The number of aromatic nitrogens is 2. The van der Waals surface area contributed by atoms with Gasteiger partial charge in [0.2, 0.25) is 5.82 Å². The van der Waals surface area contributed by atoms with Crippen molar-refractivity contribution in [1.82, 2.24) is 10.1 Å². The third-order valence-electron chi connectivity index (χ3n) is 3.59. The third kappa shape index (κ3) is 4.43. The summed E-state index contributed by atoms with van der Waals surface area (Å²) in [6.45, 7) is -0.278. The van der Waals surface area contributed by atoms with E-state index in [-0.39, 0.29) is 23.9 Å². The van der Waals surface area contributed by atoms with Crippen LogP contribution >= 0.6 is 0 Å². The van der Waals surface area contributed by atoms with Gasteiger partial charge in [-0.25, -0.2) is 4.79 Å². The Morgan fingerprint density at radius 3 is 2.33 bits per heavy atom. The van der Waals surface area contributed by atoms with Crippen molar-refractivity contribution in [3.05, 3.63) is 65.5 Å². The first kappa shape index (κ1) is 18.4. The molecule has 0 aliphatic heterocycles. The SMILES string of the molecule is COc1ccc(-c2nc(COC(=O)c3ccc(C(F)(F)F)cc3)no2)cc1. The minimum Gasteiger partial charge on any atom is -0.497 e. The maximum atomic E-state index is 12.5. The summed E-state index contributed by atoms with van der Waals surface area (Å²) in [5, 5.41) is 3.70. The first-order chi connectivity index (χ1) is 12.9. The van der Waals surface area contributed by atoms with Crippen molar-refractivity contribution in [3.8, 4) is 17.2 Å².